The molecule has 7 nitrogen and oxygen atoms in total. The minimum Gasteiger partial charge on any atom is -0.398 e. The van der Waals surface area contributed by atoms with Crippen molar-refractivity contribution in [2.75, 3.05) is 11.1 Å². The Morgan fingerprint density at radius 1 is 1.06 bits per heavy atom. The number of amides is 2. The fourth-order valence-corrected chi connectivity index (χ4v) is 3.39. The number of benzene rings is 2. The van der Waals surface area contributed by atoms with Crippen molar-refractivity contribution in [1.82, 2.24) is 15.3 Å². The van der Waals surface area contributed by atoms with E-state index in [1.165, 1.54) is 6.20 Å². The molecule has 154 valence electrons. The molecule has 0 saturated carbocycles. The normalized spacial score (nSPS) is 10.6. The zero-order valence-electron chi connectivity index (χ0n) is 17.0. The van der Waals surface area contributed by atoms with Gasteiger partial charge in [0.1, 0.15) is 5.82 Å². The molecule has 0 aliphatic rings. The van der Waals surface area contributed by atoms with Crippen LogP contribution < -0.4 is 16.4 Å². The van der Waals surface area contributed by atoms with E-state index in [-0.39, 0.29) is 11.7 Å². The third kappa shape index (κ3) is 4.51. The summed E-state index contributed by atoms with van der Waals surface area (Å²) in [6, 6.07) is 18.8. The van der Waals surface area contributed by atoms with Gasteiger partial charge in [-0.3, -0.25) is 15.7 Å². The summed E-state index contributed by atoms with van der Waals surface area (Å²) >= 11 is 0. The Morgan fingerprint density at radius 3 is 2.68 bits per heavy atom. The first-order valence-electron chi connectivity index (χ1n) is 9.80. The number of nitrogen functional groups attached to an aromatic ring is 1. The smallest absolute Gasteiger partial charge is 0.320 e. The van der Waals surface area contributed by atoms with Crippen molar-refractivity contribution in [2.24, 2.45) is 0 Å². The Bertz CT molecular complexity index is 1280. The van der Waals surface area contributed by atoms with Gasteiger partial charge in [0.25, 0.3) is 0 Å². The number of anilines is 2. The van der Waals surface area contributed by atoms with Crippen LogP contribution in [0.25, 0.3) is 10.8 Å². The quantitative estimate of drug-likeness (QED) is 0.368. The summed E-state index contributed by atoms with van der Waals surface area (Å²) in [5.41, 5.74) is 9.78. The number of nitrogens with one attached hydrogen (secondary N) is 3. The van der Waals surface area contributed by atoms with Crippen LogP contribution in [0.15, 0.2) is 73.1 Å². The van der Waals surface area contributed by atoms with Crippen LogP contribution in [0.5, 0.6) is 0 Å². The highest BCUT2D eigenvalue weighted by Crippen LogP contribution is 2.20. The highest BCUT2D eigenvalue weighted by molar-refractivity contribution is 6.13. The predicted octanol–water partition coefficient (Wildman–Crippen LogP) is 4.26. The van der Waals surface area contributed by atoms with Gasteiger partial charge in [-0.25, -0.2) is 9.78 Å². The lowest BCUT2D eigenvalue weighted by Gasteiger charge is -2.12. The molecule has 5 N–H and O–H groups in total. The SMILES string of the molecule is Cc1cc(C(=N)c2cnc(NC(=O)NCc3cccc4ccccc34)cc2N)ccn1. The number of pyridine rings is 2. The van der Waals surface area contributed by atoms with E-state index < -0.39 is 0 Å². The van der Waals surface area contributed by atoms with Gasteiger partial charge in [-0.1, -0.05) is 42.5 Å². The van der Waals surface area contributed by atoms with Gasteiger partial charge in [0, 0.05) is 47.5 Å². The molecule has 0 bridgehead atoms. The number of aromatic nitrogens is 2. The van der Waals surface area contributed by atoms with Crippen LogP contribution in [0.3, 0.4) is 0 Å². The third-order valence-corrected chi connectivity index (χ3v) is 4.95. The van der Waals surface area contributed by atoms with Gasteiger partial charge in [0.2, 0.25) is 0 Å². The van der Waals surface area contributed by atoms with Crippen molar-refractivity contribution < 1.29 is 4.79 Å². The van der Waals surface area contributed by atoms with Gasteiger partial charge in [0.15, 0.2) is 0 Å². The van der Waals surface area contributed by atoms with Crippen LogP contribution in [0, 0.1) is 12.3 Å². The minimum atomic E-state index is -0.382. The first-order chi connectivity index (χ1) is 15.0. The summed E-state index contributed by atoms with van der Waals surface area (Å²) in [4.78, 5) is 20.7. The molecule has 0 spiro atoms. The monoisotopic (exact) mass is 410 g/mol. The van der Waals surface area contributed by atoms with Crippen LogP contribution in [0.1, 0.15) is 22.4 Å². The molecular formula is C24H22N6O. The second kappa shape index (κ2) is 8.62. The molecule has 2 amide bonds. The lowest BCUT2D eigenvalue weighted by molar-refractivity contribution is 0.251. The van der Waals surface area contributed by atoms with Crippen LogP contribution in [-0.4, -0.2) is 21.7 Å². The number of hydrogen-bond acceptors (Lipinski definition) is 5. The molecule has 31 heavy (non-hydrogen) atoms. The second-order valence-electron chi connectivity index (χ2n) is 7.16. The van der Waals surface area contributed by atoms with Crippen molar-refractivity contribution >= 4 is 34.0 Å². The number of carbonyl (C=O) groups is 1. The average molecular weight is 410 g/mol. The van der Waals surface area contributed by atoms with Gasteiger partial charge >= 0.3 is 6.03 Å². The molecule has 2 aromatic heterocycles. The van der Waals surface area contributed by atoms with Crippen molar-refractivity contribution in [3.63, 3.8) is 0 Å². The molecule has 0 aliphatic heterocycles. The van der Waals surface area contributed by atoms with E-state index in [4.69, 9.17) is 11.1 Å². The summed E-state index contributed by atoms with van der Waals surface area (Å²) in [6.45, 7) is 2.25. The Balaban J connectivity index is 1.43. The Hall–Kier alpha value is -4.26. The van der Waals surface area contributed by atoms with E-state index in [0.29, 0.717) is 29.2 Å². The van der Waals surface area contributed by atoms with Crippen molar-refractivity contribution in [3.8, 4) is 0 Å². The molecule has 2 heterocycles. The van der Waals surface area contributed by atoms with E-state index in [1.807, 2.05) is 55.5 Å². The number of aryl methyl sites for hydroxylation is 1. The maximum Gasteiger partial charge on any atom is 0.320 e. The first-order valence-corrected chi connectivity index (χ1v) is 9.80. The number of hydrogen-bond donors (Lipinski definition) is 4. The minimum absolute atomic E-state index is 0.252. The molecule has 4 aromatic rings. The predicted molar refractivity (Wildman–Crippen MR) is 123 cm³/mol. The summed E-state index contributed by atoms with van der Waals surface area (Å²) in [5.74, 6) is 0.315. The third-order valence-electron chi connectivity index (χ3n) is 4.95. The van der Waals surface area contributed by atoms with Crippen molar-refractivity contribution in [2.45, 2.75) is 13.5 Å². The molecule has 4 rings (SSSR count). The fraction of sp³-hybridized carbons (Fsp3) is 0.0833. The molecule has 0 fully saturated rings. The average Bonchev–Trinajstić information content (AvgIpc) is 2.77. The zero-order valence-corrected chi connectivity index (χ0v) is 17.0. The van der Waals surface area contributed by atoms with Gasteiger partial charge in [-0.15, -0.1) is 0 Å². The Labute approximate surface area is 179 Å². The fourth-order valence-electron chi connectivity index (χ4n) is 3.39. The number of rotatable bonds is 5. The first kappa shape index (κ1) is 20.0. The molecule has 0 radical (unpaired) electrons. The second-order valence-corrected chi connectivity index (χ2v) is 7.16. The van der Waals surface area contributed by atoms with Gasteiger partial charge in [0.05, 0.1) is 5.71 Å². The van der Waals surface area contributed by atoms with Crippen LogP contribution in [0.4, 0.5) is 16.3 Å². The summed E-state index contributed by atoms with van der Waals surface area (Å²) in [6.07, 6.45) is 3.15. The molecule has 7 heteroatoms. The Kier molecular flexibility index (Phi) is 5.57. The Morgan fingerprint density at radius 2 is 1.87 bits per heavy atom. The summed E-state index contributed by atoms with van der Waals surface area (Å²) in [7, 11) is 0. The summed E-state index contributed by atoms with van der Waals surface area (Å²) < 4.78 is 0. The van der Waals surface area contributed by atoms with Crippen molar-refractivity contribution in [1.29, 1.82) is 5.41 Å². The zero-order chi connectivity index (χ0) is 21.8. The van der Waals surface area contributed by atoms with Crippen LogP contribution in [0.2, 0.25) is 0 Å². The molecule has 0 aliphatic carbocycles. The largest absolute Gasteiger partial charge is 0.398 e. The number of nitrogens with zero attached hydrogens (tertiary/aromatic N) is 2. The molecule has 2 aromatic carbocycles. The van der Waals surface area contributed by atoms with Gasteiger partial charge < -0.3 is 11.1 Å². The van der Waals surface area contributed by atoms with Gasteiger partial charge in [-0.05, 0) is 35.4 Å². The van der Waals surface area contributed by atoms with Crippen LogP contribution >= 0.6 is 0 Å². The molecular weight excluding hydrogens is 388 g/mol. The number of carbonyl (C=O) groups excluding carboxylic acids is 1. The van der Waals surface area contributed by atoms with E-state index in [0.717, 1.165) is 22.0 Å². The number of nitrogens with two attached hydrogens (primary N) is 1. The number of fused-ring (bicyclic) bond motifs is 1. The number of urea groups is 1. The van der Waals surface area contributed by atoms with Gasteiger partial charge in [-0.2, -0.15) is 0 Å². The maximum atomic E-state index is 12.4. The van der Waals surface area contributed by atoms with Crippen molar-refractivity contribution in [3.05, 3.63) is 95.4 Å². The van der Waals surface area contributed by atoms with E-state index in [9.17, 15) is 4.79 Å². The topological polar surface area (TPSA) is 117 Å². The lowest BCUT2D eigenvalue weighted by atomic mass is 10.0. The lowest BCUT2D eigenvalue weighted by Crippen LogP contribution is -2.28. The molecule has 0 unspecified atom stereocenters. The van der Waals surface area contributed by atoms with E-state index in [1.54, 1.807) is 18.3 Å². The summed E-state index contributed by atoms with van der Waals surface area (Å²) in [5, 5.41) is 16.2. The van der Waals surface area contributed by atoms with E-state index in [2.05, 4.69) is 20.6 Å². The van der Waals surface area contributed by atoms with Crippen LogP contribution in [-0.2, 0) is 6.54 Å². The highest BCUT2D eigenvalue weighted by Gasteiger charge is 2.12. The molecule has 0 saturated heterocycles. The van der Waals surface area contributed by atoms with E-state index >= 15 is 0 Å². The molecule has 0 atom stereocenters. The standard InChI is InChI=1S/C24H22N6O/c1-15-11-17(9-10-27-15)23(26)20-14-28-22(12-21(20)25)30-24(31)29-13-18-7-4-6-16-5-2-3-8-19(16)18/h2-12,14,26H,13H2,1H3,(H4,25,28,29,30,31). The highest BCUT2D eigenvalue weighted by atomic mass is 16.2. The maximum absolute atomic E-state index is 12.4.